The van der Waals surface area contributed by atoms with Crippen LogP contribution in [0, 0.1) is 26.2 Å². The van der Waals surface area contributed by atoms with Gasteiger partial charge in [-0.15, -0.1) is 0 Å². The molecule has 0 aliphatic carbocycles. The summed E-state index contributed by atoms with van der Waals surface area (Å²) in [5.41, 5.74) is 11.5. The zero-order chi connectivity index (χ0) is 13.9. The lowest BCUT2D eigenvalue weighted by molar-refractivity contribution is 0.209. The quantitative estimate of drug-likeness (QED) is 0.868. The molecule has 102 valence electrons. The summed E-state index contributed by atoms with van der Waals surface area (Å²) in [6.07, 6.45) is 0. The molecule has 0 aliphatic rings. The van der Waals surface area contributed by atoms with E-state index in [0.29, 0.717) is 0 Å². The Morgan fingerprint density at radius 1 is 1.06 bits per heavy atom. The first-order valence-electron chi connectivity index (χ1n) is 6.70. The van der Waals surface area contributed by atoms with Crippen molar-refractivity contribution < 1.29 is 0 Å². The van der Waals surface area contributed by atoms with E-state index in [1.54, 1.807) is 0 Å². The van der Waals surface area contributed by atoms with Crippen LogP contribution >= 0.6 is 0 Å². The van der Waals surface area contributed by atoms with Crippen LogP contribution in [0.5, 0.6) is 0 Å². The van der Waals surface area contributed by atoms with E-state index in [2.05, 4.69) is 58.7 Å². The van der Waals surface area contributed by atoms with E-state index in [1.807, 2.05) is 0 Å². The van der Waals surface area contributed by atoms with Crippen molar-refractivity contribution in [3.05, 3.63) is 34.4 Å². The van der Waals surface area contributed by atoms with Crippen LogP contribution in [-0.2, 0) is 6.54 Å². The van der Waals surface area contributed by atoms with Crippen molar-refractivity contribution in [1.29, 1.82) is 0 Å². The first-order chi connectivity index (χ1) is 8.25. The van der Waals surface area contributed by atoms with Crippen LogP contribution in [0.2, 0.25) is 0 Å². The highest BCUT2D eigenvalue weighted by atomic mass is 15.1. The number of benzene rings is 1. The average molecular weight is 248 g/mol. The summed E-state index contributed by atoms with van der Waals surface area (Å²) in [6.45, 7) is 13.7. The van der Waals surface area contributed by atoms with Gasteiger partial charge in [-0.2, -0.15) is 0 Å². The van der Waals surface area contributed by atoms with Crippen molar-refractivity contribution in [3.63, 3.8) is 0 Å². The zero-order valence-corrected chi connectivity index (χ0v) is 12.8. The van der Waals surface area contributed by atoms with Gasteiger partial charge in [0, 0.05) is 13.1 Å². The highest BCUT2D eigenvalue weighted by Gasteiger charge is 2.18. The lowest BCUT2D eigenvalue weighted by Gasteiger charge is -2.29. The van der Waals surface area contributed by atoms with Crippen LogP contribution in [0.25, 0.3) is 0 Å². The van der Waals surface area contributed by atoms with E-state index in [-0.39, 0.29) is 5.41 Å². The Balaban J connectivity index is 2.76. The van der Waals surface area contributed by atoms with Gasteiger partial charge in [0.25, 0.3) is 0 Å². The van der Waals surface area contributed by atoms with E-state index in [1.165, 1.54) is 22.3 Å². The molecule has 0 fully saturated rings. The Morgan fingerprint density at radius 3 is 2.17 bits per heavy atom. The van der Waals surface area contributed by atoms with Crippen LogP contribution in [0.3, 0.4) is 0 Å². The third-order valence-corrected chi connectivity index (χ3v) is 3.64. The van der Waals surface area contributed by atoms with E-state index < -0.39 is 0 Å². The van der Waals surface area contributed by atoms with E-state index in [9.17, 15) is 0 Å². The van der Waals surface area contributed by atoms with Crippen molar-refractivity contribution in [2.75, 3.05) is 20.1 Å². The Labute approximate surface area is 112 Å². The SMILES string of the molecule is Cc1cc(C)c(CN(C)CC(C)(C)CN)cc1C. The van der Waals surface area contributed by atoms with Crippen molar-refractivity contribution >= 4 is 0 Å². The van der Waals surface area contributed by atoms with Gasteiger partial charge in [-0.3, -0.25) is 0 Å². The molecule has 0 aliphatic heterocycles. The summed E-state index contributed by atoms with van der Waals surface area (Å²) in [5, 5.41) is 0. The molecule has 0 saturated carbocycles. The molecule has 1 aromatic carbocycles. The van der Waals surface area contributed by atoms with Crippen molar-refractivity contribution in [3.8, 4) is 0 Å². The van der Waals surface area contributed by atoms with E-state index in [0.717, 1.165) is 19.6 Å². The van der Waals surface area contributed by atoms with Gasteiger partial charge in [0.1, 0.15) is 0 Å². The van der Waals surface area contributed by atoms with Crippen LogP contribution in [-0.4, -0.2) is 25.0 Å². The van der Waals surface area contributed by atoms with Gasteiger partial charge in [-0.1, -0.05) is 26.0 Å². The molecule has 0 unspecified atom stereocenters. The number of rotatable bonds is 5. The second-order valence-corrected chi connectivity index (χ2v) is 6.40. The molecular formula is C16H28N2. The van der Waals surface area contributed by atoms with Gasteiger partial charge < -0.3 is 10.6 Å². The first kappa shape index (κ1) is 15.2. The highest BCUT2D eigenvalue weighted by Crippen LogP contribution is 2.19. The number of hydrogen-bond acceptors (Lipinski definition) is 2. The summed E-state index contributed by atoms with van der Waals surface area (Å²) in [4.78, 5) is 2.37. The van der Waals surface area contributed by atoms with Crippen LogP contribution < -0.4 is 5.73 Å². The molecule has 0 heterocycles. The molecule has 2 nitrogen and oxygen atoms in total. The molecule has 2 N–H and O–H groups in total. The third-order valence-electron chi connectivity index (χ3n) is 3.64. The molecule has 0 saturated heterocycles. The molecule has 0 radical (unpaired) electrons. The molecule has 1 rings (SSSR count). The number of hydrogen-bond donors (Lipinski definition) is 1. The second kappa shape index (κ2) is 5.85. The zero-order valence-electron chi connectivity index (χ0n) is 12.8. The fraction of sp³-hybridized carbons (Fsp3) is 0.625. The predicted octanol–water partition coefficient (Wildman–Crippen LogP) is 3.03. The fourth-order valence-electron chi connectivity index (χ4n) is 2.33. The average Bonchev–Trinajstić information content (AvgIpc) is 2.25. The lowest BCUT2D eigenvalue weighted by atomic mass is 9.93. The maximum Gasteiger partial charge on any atom is 0.0233 e. The number of nitrogens with zero attached hydrogens (tertiary/aromatic N) is 1. The fourth-order valence-corrected chi connectivity index (χ4v) is 2.33. The van der Waals surface area contributed by atoms with Gasteiger partial charge >= 0.3 is 0 Å². The Bertz CT molecular complexity index is 408. The molecule has 2 heteroatoms. The molecule has 0 aromatic heterocycles. The number of nitrogens with two attached hydrogens (primary N) is 1. The molecule has 0 amide bonds. The minimum absolute atomic E-state index is 0.183. The summed E-state index contributed by atoms with van der Waals surface area (Å²) < 4.78 is 0. The van der Waals surface area contributed by atoms with Crippen LogP contribution in [0.15, 0.2) is 12.1 Å². The number of aryl methyl sites for hydroxylation is 3. The Kier molecular flexibility index (Phi) is 4.94. The van der Waals surface area contributed by atoms with Crippen LogP contribution in [0.1, 0.15) is 36.1 Å². The molecule has 18 heavy (non-hydrogen) atoms. The second-order valence-electron chi connectivity index (χ2n) is 6.40. The highest BCUT2D eigenvalue weighted by molar-refractivity contribution is 5.36. The van der Waals surface area contributed by atoms with Gasteiger partial charge in [-0.25, -0.2) is 0 Å². The first-order valence-corrected chi connectivity index (χ1v) is 6.70. The summed E-state index contributed by atoms with van der Waals surface area (Å²) in [7, 11) is 2.17. The molecule has 1 aromatic rings. The van der Waals surface area contributed by atoms with Crippen molar-refractivity contribution in [1.82, 2.24) is 4.90 Å². The summed E-state index contributed by atoms with van der Waals surface area (Å²) in [6, 6.07) is 4.60. The van der Waals surface area contributed by atoms with Crippen molar-refractivity contribution in [2.45, 2.75) is 41.2 Å². The standard InChI is InChI=1S/C16H28N2/c1-12-7-14(3)15(8-13(12)2)9-18(6)11-16(4,5)10-17/h7-8H,9-11,17H2,1-6H3. The largest absolute Gasteiger partial charge is 0.330 e. The third kappa shape index (κ3) is 4.11. The molecule has 0 atom stereocenters. The van der Waals surface area contributed by atoms with E-state index >= 15 is 0 Å². The normalized spacial score (nSPS) is 12.2. The maximum atomic E-state index is 5.80. The van der Waals surface area contributed by atoms with Gasteiger partial charge in [-0.05, 0) is 62.0 Å². The molecule has 0 bridgehead atoms. The van der Waals surface area contributed by atoms with Crippen LogP contribution in [0.4, 0.5) is 0 Å². The summed E-state index contributed by atoms with van der Waals surface area (Å²) >= 11 is 0. The van der Waals surface area contributed by atoms with Gasteiger partial charge in [0.05, 0.1) is 0 Å². The maximum absolute atomic E-state index is 5.80. The molecule has 0 spiro atoms. The smallest absolute Gasteiger partial charge is 0.0233 e. The Hall–Kier alpha value is -0.860. The minimum Gasteiger partial charge on any atom is -0.330 e. The predicted molar refractivity (Wildman–Crippen MR) is 79.8 cm³/mol. The van der Waals surface area contributed by atoms with Crippen molar-refractivity contribution in [2.24, 2.45) is 11.1 Å². The lowest BCUT2D eigenvalue weighted by Crippen LogP contribution is -2.36. The molecular weight excluding hydrogens is 220 g/mol. The topological polar surface area (TPSA) is 29.3 Å². The Morgan fingerprint density at radius 2 is 1.61 bits per heavy atom. The van der Waals surface area contributed by atoms with Gasteiger partial charge in [0.2, 0.25) is 0 Å². The monoisotopic (exact) mass is 248 g/mol. The summed E-state index contributed by atoms with van der Waals surface area (Å²) in [5.74, 6) is 0. The minimum atomic E-state index is 0.183. The van der Waals surface area contributed by atoms with E-state index in [4.69, 9.17) is 5.73 Å². The van der Waals surface area contributed by atoms with Gasteiger partial charge in [0.15, 0.2) is 0 Å².